The molecule has 2 atom stereocenters. The number of hydrogen-bond donors (Lipinski definition) is 0. The normalized spacial score (nSPS) is 17.4. The molecule has 1 aliphatic rings. The lowest BCUT2D eigenvalue weighted by Gasteiger charge is -2.43. The average molecular weight is 642 g/mol. The number of hydrogen-bond acceptors (Lipinski definition) is 5. The number of ether oxygens (including phenoxy) is 1. The van der Waals surface area contributed by atoms with Crippen LogP contribution in [0.1, 0.15) is 81.1 Å². The Morgan fingerprint density at radius 2 is 1.52 bits per heavy atom. The Hall–Kier alpha value is -3.85. The van der Waals surface area contributed by atoms with Crippen molar-refractivity contribution >= 4 is 23.5 Å². The molecule has 242 valence electrons. The monoisotopic (exact) mass is 641 g/mol. The lowest BCUT2D eigenvalue weighted by Crippen LogP contribution is -2.49. The van der Waals surface area contributed by atoms with E-state index in [2.05, 4.69) is 4.98 Å². The largest absolute Gasteiger partial charge is 0.446 e. The fourth-order valence-electron chi connectivity index (χ4n) is 4.87. The number of anilines is 1. The number of carbonyl (C=O) groups is 3. The van der Waals surface area contributed by atoms with Crippen molar-refractivity contribution in [3.05, 3.63) is 58.4 Å². The zero-order chi connectivity index (χ0) is 33.4. The molecular weight excluding hydrogens is 613 g/mol. The van der Waals surface area contributed by atoms with E-state index in [-0.39, 0.29) is 24.6 Å². The number of benzene rings is 1. The first-order chi connectivity index (χ1) is 20.1. The Kier molecular flexibility index (Phi) is 9.95. The Labute approximate surface area is 246 Å². The quantitative estimate of drug-likeness (QED) is 0.229. The van der Waals surface area contributed by atoms with Gasteiger partial charge in [-0.25, -0.2) is 9.78 Å². The molecule has 2 heterocycles. The van der Waals surface area contributed by atoms with E-state index < -0.39 is 95.5 Å². The molecule has 0 spiro atoms. The summed E-state index contributed by atoms with van der Waals surface area (Å²) < 4.78 is 128. The number of carbonyl (C=O) groups excluding carboxylic acids is 3. The molecule has 16 heteroatoms. The zero-order valence-electron chi connectivity index (χ0n) is 23.8. The first-order valence-corrected chi connectivity index (χ1v) is 13.3. The number of amides is 2. The molecule has 2 amide bonds. The number of aromatic nitrogens is 1. The van der Waals surface area contributed by atoms with E-state index in [0.717, 1.165) is 22.8 Å². The van der Waals surface area contributed by atoms with Gasteiger partial charge in [0.25, 0.3) is 0 Å². The highest BCUT2D eigenvalue weighted by Crippen LogP contribution is 2.44. The molecule has 0 fully saturated rings. The summed E-state index contributed by atoms with van der Waals surface area (Å²) in [5.74, 6) is -1.80. The predicted molar refractivity (Wildman–Crippen MR) is 137 cm³/mol. The Morgan fingerprint density at radius 1 is 0.955 bits per heavy atom. The molecule has 0 N–H and O–H groups in total. The van der Waals surface area contributed by atoms with Crippen LogP contribution in [0, 0.1) is 0 Å². The molecule has 1 aromatic carbocycles. The third-order valence-electron chi connectivity index (χ3n) is 6.73. The van der Waals surface area contributed by atoms with Gasteiger partial charge in [-0.05, 0) is 69.5 Å². The van der Waals surface area contributed by atoms with Crippen molar-refractivity contribution in [3.63, 3.8) is 0 Å². The van der Waals surface area contributed by atoms with E-state index in [1.165, 1.54) is 13.8 Å². The van der Waals surface area contributed by atoms with Crippen molar-refractivity contribution in [2.45, 2.75) is 90.2 Å². The number of fused-ring (bicyclic) bond motifs is 1. The number of alkyl halides is 9. The lowest BCUT2D eigenvalue weighted by molar-refractivity contribution is -0.143. The SMILES string of the molecule is CCC1CC(N(Cc2cc(C(F)(F)F)cc(C(F)(F)F)c2)C(=O)CC(C)=O)c2nc(C(F)(F)F)ccc2N1C(=O)OC(C)C. The van der Waals surface area contributed by atoms with Crippen LogP contribution in [0.25, 0.3) is 0 Å². The summed E-state index contributed by atoms with van der Waals surface area (Å²) >= 11 is 0. The van der Waals surface area contributed by atoms with Gasteiger partial charge in [0.1, 0.15) is 11.5 Å². The van der Waals surface area contributed by atoms with Crippen LogP contribution in [0.3, 0.4) is 0 Å². The first kappa shape index (κ1) is 34.6. The summed E-state index contributed by atoms with van der Waals surface area (Å²) in [4.78, 5) is 43.8. The Morgan fingerprint density at radius 3 is 1.98 bits per heavy atom. The highest BCUT2D eigenvalue weighted by molar-refractivity contribution is 5.97. The van der Waals surface area contributed by atoms with E-state index >= 15 is 0 Å². The second-order valence-corrected chi connectivity index (χ2v) is 10.5. The van der Waals surface area contributed by atoms with Gasteiger partial charge >= 0.3 is 24.6 Å². The van der Waals surface area contributed by atoms with Crippen molar-refractivity contribution in [1.82, 2.24) is 9.88 Å². The number of nitrogens with zero attached hydrogens (tertiary/aromatic N) is 3. The minimum Gasteiger partial charge on any atom is -0.446 e. The molecule has 44 heavy (non-hydrogen) atoms. The van der Waals surface area contributed by atoms with Crippen molar-refractivity contribution in [2.24, 2.45) is 0 Å². The predicted octanol–water partition coefficient (Wildman–Crippen LogP) is 7.72. The zero-order valence-corrected chi connectivity index (χ0v) is 23.8. The molecule has 3 rings (SSSR count). The van der Waals surface area contributed by atoms with Gasteiger partial charge in [0, 0.05) is 12.6 Å². The van der Waals surface area contributed by atoms with Crippen LogP contribution < -0.4 is 4.90 Å². The number of pyridine rings is 1. The summed E-state index contributed by atoms with van der Waals surface area (Å²) in [6, 6.07) is -0.154. The fourth-order valence-corrected chi connectivity index (χ4v) is 4.87. The van der Waals surface area contributed by atoms with E-state index in [4.69, 9.17) is 4.74 Å². The van der Waals surface area contributed by atoms with Crippen molar-refractivity contribution in [2.75, 3.05) is 4.90 Å². The van der Waals surface area contributed by atoms with Crippen LogP contribution in [0.5, 0.6) is 0 Å². The number of halogens is 9. The molecule has 1 aromatic heterocycles. The van der Waals surface area contributed by atoms with Gasteiger partial charge < -0.3 is 9.64 Å². The van der Waals surface area contributed by atoms with E-state index in [0.29, 0.717) is 18.2 Å². The smallest absolute Gasteiger partial charge is 0.433 e. The molecule has 2 aromatic rings. The highest BCUT2D eigenvalue weighted by atomic mass is 19.4. The summed E-state index contributed by atoms with van der Waals surface area (Å²) in [6.07, 6.45) is -18.0. The van der Waals surface area contributed by atoms with Crippen molar-refractivity contribution in [3.8, 4) is 0 Å². The third kappa shape index (κ3) is 8.00. The van der Waals surface area contributed by atoms with Gasteiger partial charge in [-0.3, -0.25) is 14.5 Å². The molecule has 0 saturated carbocycles. The maximum Gasteiger partial charge on any atom is 0.433 e. The minimum atomic E-state index is -5.21. The molecule has 2 unspecified atom stereocenters. The average Bonchev–Trinajstić information content (AvgIpc) is 2.88. The maximum atomic E-state index is 13.7. The molecular formula is C28H28F9N3O4. The first-order valence-electron chi connectivity index (χ1n) is 13.3. The third-order valence-corrected chi connectivity index (χ3v) is 6.73. The summed E-state index contributed by atoms with van der Waals surface area (Å²) in [7, 11) is 0. The Balaban J connectivity index is 2.27. The topological polar surface area (TPSA) is 79.8 Å². The fraction of sp³-hybridized carbons (Fsp3) is 0.500. The minimum absolute atomic E-state index is 0.108. The second kappa shape index (κ2) is 12.6. The van der Waals surface area contributed by atoms with E-state index in [1.54, 1.807) is 6.92 Å². The van der Waals surface area contributed by atoms with Gasteiger partial charge in [-0.15, -0.1) is 0 Å². The van der Waals surface area contributed by atoms with Crippen LogP contribution in [0.15, 0.2) is 30.3 Å². The number of rotatable bonds is 7. The van der Waals surface area contributed by atoms with Gasteiger partial charge in [0.15, 0.2) is 0 Å². The van der Waals surface area contributed by atoms with Crippen LogP contribution in [-0.4, -0.2) is 39.8 Å². The molecule has 0 radical (unpaired) electrons. The lowest BCUT2D eigenvalue weighted by atomic mass is 9.91. The molecule has 0 saturated heterocycles. The van der Waals surface area contributed by atoms with Crippen molar-refractivity contribution in [1.29, 1.82) is 0 Å². The summed E-state index contributed by atoms with van der Waals surface area (Å²) in [5, 5.41) is 0. The highest BCUT2D eigenvalue weighted by Gasteiger charge is 2.44. The van der Waals surface area contributed by atoms with E-state index in [1.807, 2.05) is 0 Å². The molecule has 7 nitrogen and oxygen atoms in total. The van der Waals surface area contributed by atoms with Crippen LogP contribution in [-0.2, 0) is 39.4 Å². The van der Waals surface area contributed by atoms with Gasteiger partial charge in [-0.2, -0.15) is 39.5 Å². The van der Waals surface area contributed by atoms with Crippen molar-refractivity contribution < 1.29 is 58.6 Å². The van der Waals surface area contributed by atoms with Crippen LogP contribution in [0.4, 0.5) is 50.0 Å². The van der Waals surface area contributed by atoms with Gasteiger partial charge in [0.05, 0.1) is 41.1 Å². The molecule has 0 bridgehead atoms. The maximum absolute atomic E-state index is 13.7. The Bertz CT molecular complexity index is 1370. The van der Waals surface area contributed by atoms with Crippen LogP contribution in [0.2, 0.25) is 0 Å². The van der Waals surface area contributed by atoms with Gasteiger partial charge in [0.2, 0.25) is 5.91 Å². The second-order valence-electron chi connectivity index (χ2n) is 10.5. The number of ketones is 1. The molecule has 0 aliphatic carbocycles. The summed E-state index contributed by atoms with van der Waals surface area (Å²) in [6.45, 7) is 4.74. The van der Waals surface area contributed by atoms with Crippen LogP contribution >= 0.6 is 0 Å². The summed E-state index contributed by atoms with van der Waals surface area (Å²) in [5.41, 5.74) is -6.11. The number of Topliss-reactive ketones (excluding diaryl/α,β-unsaturated/α-hetero) is 1. The van der Waals surface area contributed by atoms with Gasteiger partial charge in [-0.1, -0.05) is 6.92 Å². The van der Waals surface area contributed by atoms with E-state index in [9.17, 15) is 53.9 Å². The standard InChI is InChI=1S/C28H28F9N3O4/c1-5-19-12-21(24-20(40(19)25(43)44-14(2)3)6-7-22(38-24)28(35,36)37)39(23(42)8-15(4)41)13-16-9-17(26(29,30)31)11-18(10-16)27(32,33)34/h6-7,9-11,14,19,21H,5,8,12-13H2,1-4H3. The molecule has 1 aliphatic heterocycles.